The maximum absolute atomic E-state index is 12.2. The van der Waals surface area contributed by atoms with Crippen LogP contribution in [0.4, 0.5) is 13.2 Å². The van der Waals surface area contributed by atoms with Crippen LogP contribution in [-0.4, -0.2) is 67.2 Å². The van der Waals surface area contributed by atoms with Crippen molar-refractivity contribution in [3.8, 4) is 0 Å². The Morgan fingerprint density at radius 3 is 2.00 bits per heavy atom. The van der Waals surface area contributed by atoms with Crippen LogP contribution in [0.15, 0.2) is 0 Å². The summed E-state index contributed by atoms with van der Waals surface area (Å²) in [6, 6.07) is 0.433. The third-order valence-corrected chi connectivity index (χ3v) is 3.12. The fourth-order valence-electron chi connectivity index (χ4n) is 2.00. The Labute approximate surface area is 104 Å². The van der Waals surface area contributed by atoms with Crippen molar-refractivity contribution in [3.63, 3.8) is 0 Å². The van der Waals surface area contributed by atoms with Gasteiger partial charge in [-0.15, -0.1) is 12.4 Å². The van der Waals surface area contributed by atoms with Gasteiger partial charge in [0.1, 0.15) is 0 Å². The van der Waals surface area contributed by atoms with Crippen LogP contribution in [0.2, 0.25) is 0 Å². The Morgan fingerprint density at radius 1 is 1.12 bits per heavy atom. The van der Waals surface area contributed by atoms with E-state index in [0.29, 0.717) is 19.1 Å². The van der Waals surface area contributed by atoms with E-state index in [2.05, 4.69) is 10.2 Å². The van der Waals surface area contributed by atoms with E-state index < -0.39 is 12.1 Å². The summed E-state index contributed by atoms with van der Waals surface area (Å²) in [5.41, 5.74) is 0. The van der Waals surface area contributed by atoms with Crippen LogP contribution in [0.1, 0.15) is 0 Å². The molecule has 1 N–H and O–H groups in total. The average molecular weight is 274 g/mol. The molecule has 17 heavy (non-hydrogen) atoms. The first-order chi connectivity index (χ1) is 7.48. The summed E-state index contributed by atoms with van der Waals surface area (Å²) in [5.74, 6) is -1.71. The molecule has 4 nitrogen and oxygen atoms in total. The molecule has 2 saturated heterocycles. The number of hydrogen-bond acceptors (Lipinski definition) is 3. The summed E-state index contributed by atoms with van der Waals surface area (Å²) in [7, 11) is 0. The van der Waals surface area contributed by atoms with Crippen molar-refractivity contribution >= 4 is 18.3 Å². The Kier molecular flexibility index (Phi) is 4.62. The molecule has 8 heteroatoms. The molecule has 2 rings (SSSR count). The van der Waals surface area contributed by atoms with E-state index in [9.17, 15) is 18.0 Å². The number of hydrogen-bond donors (Lipinski definition) is 1. The van der Waals surface area contributed by atoms with Gasteiger partial charge in [-0.05, 0) is 0 Å². The zero-order valence-corrected chi connectivity index (χ0v) is 9.98. The second-order valence-corrected chi connectivity index (χ2v) is 4.14. The van der Waals surface area contributed by atoms with Gasteiger partial charge in [0.15, 0.2) is 0 Å². The summed E-state index contributed by atoms with van der Waals surface area (Å²) in [6.45, 7) is 3.21. The van der Waals surface area contributed by atoms with Gasteiger partial charge in [0, 0.05) is 45.3 Å². The third kappa shape index (κ3) is 3.23. The zero-order valence-electron chi connectivity index (χ0n) is 9.16. The molecule has 2 aliphatic heterocycles. The van der Waals surface area contributed by atoms with Gasteiger partial charge in [0.25, 0.3) is 0 Å². The molecule has 0 saturated carbocycles. The fraction of sp³-hybridized carbons (Fsp3) is 0.889. The van der Waals surface area contributed by atoms with E-state index >= 15 is 0 Å². The molecule has 1 amide bonds. The lowest BCUT2D eigenvalue weighted by molar-refractivity contribution is -0.187. The summed E-state index contributed by atoms with van der Waals surface area (Å²) in [4.78, 5) is 14.0. The SMILES string of the molecule is Cl.O=C(N1CCN(C2CNC2)CC1)C(F)(F)F. The van der Waals surface area contributed by atoms with Gasteiger partial charge in [0.2, 0.25) is 0 Å². The Bertz CT molecular complexity index is 275. The van der Waals surface area contributed by atoms with Gasteiger partial charge in [-0.3, -0.25) is 9.69 Å². The number of nitrogens with zero attached hydrogens (tertiary/aromatic N) is 2. The van der Waals surface area contributed by atoms with E-state index in [1.54, 1.807) is 0 Å². The minimum atomic E-state index is -4.74. The first kappa shape index (κ1) is 14.5. The zero-order chi connectivity index (χ0) is 11.8. The number of piperazine rings is 1. The van der Waals surface area contributed by atoms with Gasteiger partial charge < -0.3 is 10.2 Å². The smallest absolute Gasteiger partial charge is 0.332 e. The Hall–Kier alpha value is -0.530. The number of nitrogens with one attached hydrogen (secondary N) is 1. The summed E-state index contributed by atoms with van der Waals surface area (Å²) in [5, 5.41) is 3.11. The van der Waals surface area contributed by atoms with Crippen molar-refractivity contribution in [1.82, 2.24) is 15.1 Å². The van der Waals surface area contributed by atoms with Crippen LogP contribution in [0.25, 0.3) is 0 Å². The van der Waals surface area contributed by atoms with Crippen molar-refractivity contribution in [2.45, 2.75) is 12.2 Å². The molecular weight excluding hydrogens is 259 g/mol. The molecule has 0 aromatic rings. The third-order valence-electron chi connectivity index (χ3n) is 3.12. The monoisotopic (exact) mass is 273 g/mol. The van der Waals surface area contributed by atoms with Gasteiger partial charge in [0.05, 0.1) is 0 Å². The molecule has 2 fully saturated rings. The number of halogens is 4. The minimum Gasteiger partial charge on any atom is -0.332 e. The Morgan fingerprint density at radius 2 is 1.65 bits per heavy atom. The number of carbonyl (C=O) groups is 1. The van der Waals surface area contributed by atoms with Crippen molar-refractivity contribution < 1.29 is 18.0 Å². The number of carbonyl (C=O) groups excluding carboxylic acids is 1. The first-order valence-electron chi connectivity index (χ1n) is 5.29. The second-order valence-electron chi connectivity index (χ2n) is 4.14. The summed E-state index contributed by atoms with van der Waals surface area (Å²) < 4.78 is 36.5. The van der Waals surface area contributed by atoms with Crippen LogP contribution in [0.5, 0.6) is 0 Å². The predicted molar refractivity (Wildman–Crippen MR) is 58.1 cm³/mol. The van der Waals surface area contributed by atoms with Crippen LogP contribution in [0, 0.1) is 0 Å². The Balaban J connectivity index is 0.00000144. The molecule has 0 aliphatic carbocycles. The highest BCUT2D eigenvalue weighted by Crippen LogP contribution is 2.20. The quantitative estimate of drug-likeness (QED) is 0.735. The maximum Gasteiger partial charge on any atom is 0.471 e. The molecule has 2 heterocycles. The predicted octanol–water partition coefficient (Wildman–Crippen LogP) is 0.0865. The molecule has 0 radical (unpaired) electrons. The largest absolute Gasteiger partial charge is 0.471 e. The number of amides is 1. The average Bonchev–Trinajstić information content (AvgIpc) is 2.14. The molecule has 0 spiro atoms. The van der Waals surface area contributed by atoms with Crippen molar-refractivity contribution in [1.29, 1.82) is 0 Å². The fourth-order valence-corrected chi connectivity index (χ4v) is 2.00. The van der Waals surface area contributed by atoms with Crippen LogP contribution >= 0.6 is 12.4 Å². The van der Waals surface area contributed by atoms with Gasteiger partial charge in [-0.1, -0.05) is 0 Å². The minimum absolute atomic E-state index is 0. The molecular formula is C9H15ClF3N3O. The van der Waals surface area contributed by atoms with E-state index in [-0.39, 0.29) is 25.5 Å². The maximum atomic E-state index is 12.2. The lowest BCUT2D eigenvalue weighted by Crippen LogP contribution is -2.62. The summed E-state index contributed by atoms with van der Waals surface area (Å²) >= 11 is 0. The number of rotatable bonds is 1. The molecule has 0 unspecified atom stereocenters. The molecule has 0 aromatic carbocycles. The van der Waals surface area contributed by atoms with E-state index in [4.69, 9.17) is 0 Å². The first-order valence-corrected chi connectivity index (χ1v) is 5.29. The van der Waals surface area contributed by atoms with Gasteiger partial charge in [-0.2, -0.15) is 13.2 Å². The van der Waals surface area contributed by atoms with Gasteiger partial charge in [-0.25, -0.2) is 0 Å². The highest BCUT2D eigenvalue weighted by molar-refractivity contribution is 5.85. The van der Waals surface area contributed by atoms with Gasteiger partial charge >= 0.3 is 12.1 Å². The summed E-state index contributed by atoms with van der Waals surface area (Å²) in [6.07, 6.45) is -4.74. The van der Waals surface area contributed by atoms with E-state index in [1.165, 1.54) is 0 Å². The van der Waals surface area contributed by atoms with E-state index in [0.717, 1.165) is 18.0 Å². The lowest BCUT2D eigenvalue weighted by Gasteiger charge is -2.43. The molecule has 0 atom stereocenters. The molecule has 100 valence electrons. The van der Waals surface area contributed by atoms with Crippen molar-refractivity contribution in [2.24, 2.45) is 0 Å². The van der Waals surface area contributed by atoms with Crippen LogP contribution < -0.4 is 5.32 Å². The van der Waals surface area contributed by atoms with Crippen LogP contribution in [-0.2, 0) is 4.79 Å². The highest BCUT2D eigenvalue weighted by atomic mass is 35.5. The lowest BCUT2D eigenvalue weighted by atomic mass is 10.1. The van der Waals surface area contributed by atoms with E-state index in [1.807, 2.05) is 0 Å². The molecule has 0 aromatic heterocycles. The molecule has 0 bridgehead atoms. The standard InChI is InChI=1S/C9H14F3N3O.ClH/c10-9(11,12)8(16)15-3-1-14(2-4-15)7-5-13-6-7;/h7,13H,1-6H2;1H. The number of alkyl halides is 3. The highest BCUT2D eigenvalue weighted by Gasteiger charge is 2.43. The topological polar surface area (TPSA) is 35.6 Å². The van der Waals surface area contributed by atoms with Crippen molar-refractivity contribution in [3.05, 3.63) is 0 Å². The van der Waals surface area contributed by atoms with Crippen LogP contribution in [0.3, 0.4) is 0 Å². The second kappa shape index (κ2) is 5.41. The molecule has 2 aliphatic rings. The normalized spacial score (nSPS) is 22.9. The van der Waals surface area contributed by atoms with Crippen molar-refractivity contribution in [2.75, 3.05) is 39.3 Å².